The molecule has 1 saturated heterocycles. The van der Waals surface area contributed by atoms with Gasteiger partial charge in [0.2, 0.25) is 0 Å². The zero-order valence-electron chi connectivity index (χ0n) is 13.7. The lowest BCUT2D eigenvalue weighted by molar-refractivity contribution is 0.00339. The third-order valence-corrected chi connectivity index (χ3v) is 3.86. The largest absolute Gasteiger partial charge is 0.389 e. The molecule has 1 fully saturated rings. The van der Waals surface area contributed by atoms with E-state index in [0.717, 1.165) is 45.4 Å². The van der Waals surface area contributed by atoms with Crippen molar-refractivity contribution in [3.05, 3.63) is 0 Å². The molecule has 1 heterocycles. The van der Waals surface area contributed by atoms with Crippen molar-refractivity contribution in [2.45, 2.75) is 51.7 Å². The molecule has 1 aliphatic rings. The minimum Gasteiger partial charge on any atom is -0.389 e. The van der Waals surface area contributed by atoms with Gasteiger partial charge in [0.15, 0.2) is 0 Å². The summed E-state index contributed by atoms with van der Waals surface area (Å²) in [7, 11) is 0. The van der Waals surface area contributed by atoms with Gasteiger partial charge >= 0.3 is 0 Å². The van der Waals surface area contributed by atoms with Gasteiger partial charge < -0.3 is 24.6 Å². The molecule has 0 aliphatic carbocycles. The Balaban J connectivity index is 1.90. The maximum absolute atomic E-state index is 9.83. The van der Waals surface area contributed by atoms with Crippen LogP contribution in [0.25, 0.3) is 0 Å². The summed E-state index contributed by atoms with van der Waals surface area (Å²) in [5.74, 6) is 0.579. The highest BCUT2D eigenvalue weighted by Gasteiger charge is 2.26. The van der Waals surface area contributed by atoms with Crippen LogP contribution >= 0.6 is 0 Å². The first kappa shape index (κ1) is 18.8. The van der Waals surface area contributed by atoms with Crippen LogP contribution in [0.5, 0.6) is 0 Å². The number of hydrogen-bond acceptors (Lipinski definition) is 5. The van der Waals surface area contributed by atoms with Gasteiger partial charge in [0.25, 0.3) is 0 Å². The minimum atomic E-state index is -0.456. The Morgan fingerprint density at radius 3 is 2.81 bits per heavy atom. The van der Waals surface area contributed by atoms with Gasteiger partial charge in [-0.25, -0.2) is 0 Å². The SMILES string of the molecule is CCCCOCCOCC(O)CNCC1CCOC1CC. The second-order valence-corrected chi connectivity index (χ2v) is 5.72. The highest BCUT2D eigenvalue weighted by molar-refractivity contribution is 4.77. The third kappa shape index (κ3) is 8.73. The lowest BCUT2D eigenvalue weighted by Gasteiger charge is -2.18. The Hall–Kier alpha value is -0.200. The second-order valence-electron chi connectivity index (χ2n) is 5.72. The quantitative estimate of drug-likeness (QED) is 0.506. The first-order valence-corrected chi connectivity index (χ1v) is 8.43. The monoisotopic (exact) mass is 303 g/mol. The molecule has 0 amide bonds. The summed E-state index contributed by atoms with van der Waals surface area (Å²) < 4.78 is 16.4. The van der Waals surface area contributed by atoms with Crippen LogP contribution in [0, 0.1) is 5.92 Å². The first-order chi connectivity index (χ1) is 10.3. The number of unbranched alkanes of at least 4 members (excludes halogenated alkanes) is 1. The van der Waals surface area contributed by atoms with E-state index in [0.29, 0.717) is 38.4 Å². The Labute approximate surface area is 129 Å². The average Bonchev–Trinajstić information content (AvgIpc) is 2.94. The fraction of sp³-hybridized carbons (Fsp3) is 1.00. The van der Waals surface area contributed by atoms with Gasteiger partial charge in [0.1, 0.15) is 0 Å². The van der Waals surface area contributed by atoms with E-state index in [9.17, 15) is 5.11 Å². The molecule has 126 valence electrons. The summed E-state index contributed by atoms with van der Waals surface area (Å²) in [4.78, 5) is 0. The molecule has 1 aliphatic heterocycles. The van der Waals surface area contributed by atoms with Crippen LogP contribution in [0.2, 0.25) is 0 Å². The number of hydrogen-bond donors (Lipinski definition) is 2. The van der Waals surface area contributed by atoms with Gasteiger partial charge in [-0.1, -0.05) is 20.3 Å². The highest BCUT2D eigenvalue weighted by atomic mass is 16.5. The number of nitrogens with one attached hydrogen (secondary N) is 1. The molecule has 0 aromatic carbocycles. The van der Waals surface area contributed by atoms with Gasteiger partial charge in [-0.05, 0) is 25.2 Å². The summed E-state index contributed by atoms with van der Waals surface area (Å²) >= 11 is 0. The third-order valence-electron chi connectivity index (χ3n) is 3.86. The van der Waals surface area contributed by atoms with E-state index in [4.69, 9.17) is 14.2 Å². The highest BCUT2D eigenvalue weighted by Crippen LogP contribution is 2.22. The van der Waals surface area contributed by atoms with Gasteiger partial charge in [0, 0.05) is 26.3 Å². The van der Waals surface area contributed by atoms with E-state index in [-0.39, 0.29) is 0 Å². The average molecular weight is 303 g/mol. The molecule has 0 bridgehead atoms. The van der Waals surface area contributed by atoms with Crippen LogP contribution in [0.15, 0.2) is 0 Å². The molecule has 21 heavy (non-hydrogen) atoms. The molecule has 2 N–H and O–H groups in total. The molecular weight excluding hydrogens is 270 g/mol. The fourth-order valence-corrected chi connectivity index (χ4v) is 2.56. The summed E-state index contributed by atoms with van der Waals surface area (Å²) in [6, 6.07) is 0. The van der Waals surface area contributed by atoms with E-state index >= 15 is 0 Å². The molecule has 0 aromatic rings. The summed E-state index contributed by atoms with van der Waals surface area (Å²) in [6.07, 6.45) is 4.35. The van der Waals surface area contributed by atoms with Crippen LogP contribution < -0.4 is 5.32 Å². The summed E-state index contributed by atoms with van der Waals surface area (Å²) in [6.45, 7) is 8.98. The van der Waals surface area contributed by atoms with Gasteiger partial charge in [-0.3, -0.25) is 0 Å². The van der Waals surface area contributed by atoms with Crippen LogP contribution in [0.4, 0.5) is 0 Å². The number of rotatable bonds is 13. The number of aliphatic hydroxyl groups is 1. The van der Waals surface area contributed by atoms with E-state index in [2.05, 4.69) is 19.2 Å². The maximum Gasteiger partial charge on any atom is 0.0897 e. The van der Waals surface area contributed by atoms with Crippen molar-refractivity contribution in [2.75, 3.05) is 46.1 Å². The molecule has 0 radical (unpaired) electrons. The smallest absolute Gasteiger partial charge is 0.0897 e. The van der Waals surface area contributed by atoms with Crippen LogP contribution in [-0.4, -0.2) is 63.4 Å². The van der Waals surface area contributed by atoms with E-state index < -0.39 is 6.10 Å². The predicted octanol–water partition coefficient (Wildman–Crippen LogP) is 1.59. The first-order valence-electron chi connectivity index (χ1n) is 8.43. The Morgan fingerprint density at radius 2 is 2.05 bits per heavy atom. The van der Waals surface area contributed by atoms with E-state index in [1.54, 1.807) is 0 Å². The van der Waals surface area contributed by atoms with Crippen LogP contribution in [0.1, 0.15) is 39.5 Å². The molecule has 0 saturated carbocycles. The molecule has 3 unspecified atom stereocenters. The van der Waals surface area contributed by atoms with Crippen LogP contribution in [0.3, 0.4) is 0 Å². The van der Waals surface area contributed by atoms with Gasteiger partial charge in [-0.2, -0.15) is 0 Å². The van der Waals surface area contributed by atoms with Crippen molar-refractivity contribution in [1.82, 2.24) is 5.32 Å². The Morgan fingerprint density at radius 1 is 1.24 bits per heavy atom. The topological polar surface area (TPSA) is 60.0 Å². The molecule has 0 spiro atoms. The number of ether oxygens (including phenoxy) is 3. The zero-order chi connectivity index (χ0) is 15.3. The van der Waals surface area contributed by atoms with Gasteiger partial charge in [-0.15, -0.1) is 0 Å². The van der Waals surface area contributed by atoms with E-state index in [1.807, 2.05) is 0 Å². The van der Waals surface area contributed by atoms with Crippen molar-refractivity contribution in [1.29, 1.82) is 0 Å². The summed E-state index contributed by atoms with van der Waals surface area (Å²) in [5, 5.41) is 13.1. The lowest BCUT2D eigenvalue weighted by atomic mass is 10.00. The molecule has 1 rings (SSSR count). The Kier molecular flexibility index (Phi) is 11.1. The maximum atomic E-state index is 9.83. The van der Waals surface area contributed by atoms with E-state index in [1.165, 1.54) is 0 Å². The zero-order valence-corrected chi connectivity index (χ0v) is 13.7. The van der Waals surface area contributed by atoms with Crippen molar-refractivity contribution >= 4 is 0 Å². The molecule has 3 atom stereocenters. The molecule has 5 nitrogen and oxygen atoms in total. The van der Waals surface area contributed by atoms with Crippen LogP contribution in [-0.2, 0) is 14.2 Å². The second kappa shape index (κ2) is 12.4. The number of aliphatic hydroxyl groups excluding tert-OH is 1. The fourth-order valence-electron chi connectivity index (χ4n) is 2.56. The summed E-state index contributed by atoms with van der Waals surface area (Å²) in [5.41, 5.74) is 0. The minimum absolute atomic E-state index is 0.364. The molecule has 5 heteroatoms. The van der Waals surface area contributed by atoms with Gasteiger partial charge in [0.05, 0.1) is 32.0 Å². The van der Waals surface area contributed by atoms with Crippen molar-refractivity contribution in [2.24, 2.45) is 5.92 Å². The normalized spacial score (nSPS) is 23.6. The predicted molar refractivity (Wildman–Crippen MR) is 83.6 cm³/mol. The molecule has 0 aromatic heterocycles. The molecular formula is C16H33NO4. The Bertz CT molecular complexity index is 240. The lowest BCUT2D eigenvalue weighted by Crippen LogP contribution is -2.35. The van der Waals surface area contributed by atoms with Crippen molar-refractivity contribution in [3.63, 3.8) is 0 Å². The standard InChI is InChI=1S/C16H33NO4/c1-3-5-7-19-9-10-20-13-15(18)12-17-11-14-6-8-21-16(14)4-2/h14-18H,3-13H2,1-2H3. The van der Waals surface area contributed by atoms with Crippen molar-refractivity contribution in [3.8, 4) is 0 Å². The van der Waals surface area contributed by atoms with Crippen molar-refractivity contribution < 1.29 is 19.3 Å².